The summed E-state index contributed by atoms with van der Waals surface area (Å²) in [7, 11) is 0. The maximum absolute atomic E-state index is 12.1. The van der Waals surface area contributed by atoms with E-state index in [2.05, 4.69) is 15.3 Å². The largest absolute Gasteiger partial charge is 0.492 e. The van der Waals surface area contributed by atoms with Crippen LogP contribution in [-0.4, -0.2) is 57.7 Å². The molecule has 0 aliphatic heterocycles. The van der Waals surface area contributed by atoms with Gasteiger partial charge in [-0.1, -0.05) is 6.07 Å². The fraction of sp³-hybridized carbons (Fsp3) is 0.368. The predicted molar refractivity (Wildman–Crippen MR) is 107 cm³/mol. The van der Waals surface area contributed by atoms with Crippen LogP contribution in [0, 0.1) is 6.92 Å². The first-order valence-electron chi connectivity index (χ1n) is 8.76. The zero-order chi connectivity index (χ0) is 22.2. The number of aliphatic carboxylic acids is 2. The Hall–Kier alpha value is -3.40. The summed E-state index contributed by atoms with van der Waals surface area (Å²) in [4.78, 5) is 37.2. The van der Waals surface area contributed by atoms with Crippen molar-refractivity contribution >= 4 is 17.8 Å². The minimum atomic E-state index is -0.833. The number of hydrogen-bond donors (Lipinski definition) is 5. The lowest BCUT2D eigenvalue weighted by atomic mass is 10.1. The van der Waals surface area contributed by atoms with E-state index in [0.717, 1.165) is 25.2 Å². The highest BCUT2D eigenvalue weighted by Gasteiger charge is 2.08. The van der Waals surface area contributed by atoms with Crippen molar-refractivity contribution in [2.45, 2.75) is 27.2 Å². The molecule has 0 aliphatic carbocycles. The molecule has 0 atom stereocenters. The first kappa shape index (κ1) is 25.6. The molecule has 0 radical (unpaired) electrons. The van der Waals surface area contributed by atoms with Crippen molar-refractivity contribution in [1.82, 2.24) is 15.3 Å². The summed E-state index contributed by atoms with van der Waals surface area (Å²) in [5.41, 5.74) is 6.98. The number of carbonyl (C=O) groups excluding carboxylic acids is 1. The van der Waals surface area contributed by atoms with E-state index in [1.807, 2.05) is 13.0 Å². The van der Waals surface area contributed by atoms with Crippen LogP contribution in [0.5, 0.6) is 5.75 Å². The summed E-state index contributed by atoms with van der Waals surface area (Å²) in [5.74, 6) is -0.246. The van der Waals surface area contributed by atoms with Crippen molar-refractivity contribution in [2.24, 2.45) is 5.73 Å². The van der Waals surface area contributed by atoms with Gasteiger partial charge in [-0.2, -0.15) is 0 Å². The molecule has 0 spiro atoms. The number of hydrogen-bond acceptors (Lipinski definition) is 6. The van der Waals surface area contributed by atoms with Gasteiger partial charge in [0.15, 0.2) is 0 Å². The third-order valence-corrected chi connectivity index (χ3v) is 3.03. The van der Waals surface area contributed by atoms with Gasteiger partial charge < -0.3 is 31.0 Å². The van der Waals surface area contributed by atoms with Crippen LogP contribution in [0.25, 0.3) is 0 Å². The zero-order valence-corrected chi connectivity index (χ0v) is 16.8. The van der Waals surface area contributed by atoms with Crippen LogP contribution in [0.4, 0.5) is 0 Å². The molecule has 0 bridgehead atoms. The van der Waals surface area contributed by atoms with E-state index in [9.17, 15) is 4.79 Å². The number of carboxylic acids is 2. The van der Waals surface area contributed by atoms with E-state index in [-0.39, 0.29) is 5.91 Å². The number of H-pyrrole nitrogens is 1. The maximum Gasteiger partial charge on any atom is 0.300 e. The highest BCUT2D eigenvalue weighted by molar-refractivity contribution is 5.94. The SMILES string of the molecule is CC(=O)O.CC(=O)O.Cc1ccc(C(=O)NCCc2ncc[nH]2)cc1OCCN. The van der Waals surface area contributed by atoms with Crippen LogP contribution in [0.1, 0.15) is 35.6 Å². The minimum Gasteiger partial charge on any atom is -0.492 e. The first-order valence-corrected chi connectivity index (χ1v) is 8.76. The molecule has 29 heavy (non-hydrogen) atoms. The van der Waals surface area contributed by atoms with Gasteiger partial charge >= 0.3 is 0 Å². The van der Waals surface area contributed by atoms with Gasteiger partial charge in [0.2, 0.25) is 0 Å². The number of imidazole rings is 1. The van der Waals surface area contributed by atoms with Crippen molar-refractivity contribution in [3.05, 3.63) is 47.5 Å². The van der Waals surface area contributed by atoms with E-state index in [4.69, 9.17) is 30.3 Å². The van der Waals surface area contributed by atoms with Crippen molar-refractivity contribution in [3.8, 4) is 5.75 Å². The van der Waals surface area contributed by atoms with E-state index in [1.54, 1.807) is 24.5 Å². The second-order valence-corrected chi connectivity index (χ2v) is 5.70. The van der Waals surface area contributed by atoms with Crippen LogP contribution in [0.15, 0.2) is 30.6 Å². The van der Waals surface area contributed by atoms with Gasteiger partial charge in [-0.25, -0.2) is 4.98 Å². The van der Waals surface area contributed by atoms with Gasteiger partial charge in [-0.15, -0.1) is 0 Å². The van der Waals surface area contributed by atoms with Crippen LogP contribution >= 0.6 is 0 Å². The summed E-state index contributed by atoms with van der Waals surface area (Å²) < 4.78 is 5.52. The predicted octanol–water partition coefficient (Wildman–Crippen LogP) is 1.21. The van der Waals surface area contributed by atoms with Crippen LogP contribution in [-0.2, 0) is 16.0 Å². The molecule has 1 aromatic heterocycles. The second kappa shape index (κ2) is 14.6. The average Bonchev–Trinajstić information content (AvgIpc) is 3.13. The van der Waals surface area contributed by atoms with Gasteiger partial charge in [0, 0.05) is 51.3 Å². The lowest BCUT2D eigenvalue weighted by molar-refractivity contribution is -0.135. The molecule has 2 aromatic rings. The quantitative estimate of drug-likeness (QED) is 0.455. The third-order valence-electron chi connectivity index (χ3n) is 3.03. The van der Waals surface area contributed by atoms with Gasteiger partial charge in [0.05, 0.1) is 0 Å². The summed E-state index contributed by atoms with van der Waals surface area (Å²) in [6.07, 6.45) is 4.12. The number of benzene rings is 1. The van der Waals surface area contributed by atoms with Crippen molar-refractivity contribution < 1.29 is 29.3 Å². The first-order chi connectivity index (χ1) is 13.7. The average molecular weight is 408 g/mol. The number of ether oxygens (including phenoxy) is 1. The molecule has 0 fully saturated rings. The molecule has 1 heterocycles. The van der Waals surface area contributed by atoms with Crippen LogP contribution in [0.2, 0.25) is 0 Å². The molecule has 1 aromatic carbocycles. The highest BCUT2D eigenvalue weighted by Crippen LogP contribution is 2.19. The number of aromatic amines is 1. The molecular weight excluding hydrogens is 380 g/mol. The number of aryl methyl sites for hydroxylation is 1. The smallest absolute Gasteiger partial charge is 0.300 e. The van der Waals surface area contributed by atoms with E-state index in [0.29, 0.717) is 37.4 Å². The summed E-state index contributed by atoms with van der Waals surface area (Å²) >= 11 is 0. The Bertz CT molecular complexity index is 742. The number of nitrogens with two attached hydrogens (primary N) is 1. The number of amides is 1. The Balaban J connectivity index is 0.000000837. The monoisotopic (exact) mass is 408 g/mol. The molecule has 1 amide bonds. The number of nitrogens with zero attached hydrogens (tertiary/aromatic N) is 1. The lowest BCUT2D eigenvalue weighted by Gasteiger charge is -2.10. The molecule has 0 unspecified atom stereocenters. The topological polar surface area (TPSA) is 168 Å². The third kappa shape index (κ3) is 13.4. The standard InChI is InChI=1S/C15H20N4O2.2C2H4O2/c1-11-2-3-12(10-13(11)21-9-5-16)15(20)19-6-4-14-17-7-8-18-14;2*1-2(3)4/h2-3,7-8,10H,4-6,9,16H2,1H3,(H,17,18)(H,19,20);2*1H3,(H,3,4). The molecule has 6 N–H and O–H groups in total. The lowest BCUT2D eigenvalue weighted by Crippen LogP contribution is -2.26. The Morgan fingerprint density at radius 3 is 2.34 bits per heavy atom. The van der Waals surface area contributed by atoms with Crippen molar-refractivity contribution in [2.75, 3.05) is 19.7 Å². The molecule has 160 valence electrons. The van der Waals surface area contributed by atoms with E-state index >= 15 is 0 Å². The minimum absolute atomic E-state index is 0.126. The highest BCUT2D eigenvalue weighted by atomic mass is 16.5. The molecule has 0 saturated carbocycles. The zero-order valence-electron chi connectivity index (χ0n) is 16.8. The Kier molecular flexibility index (Phi) is 12.9. The molecule has 0 aliphatic rings. The van der Waals surface area contributed by atoms with Gasteiger partial charge in [0.1, 0.15) is 18.2 Å². The second-order valence-electron chi connectivity index (χ2n) is 5.70. The fourth-order valence-electron chi connectivity index (χ4n) is 1.90. The van der Waals surface area contributed by atoms with Crippen LogP contribution < -0.4 is 15.8 Å². The van der Waals surface area contributed by atoms with Crippen LogP contribution in [0.3, 0.4) is 0 Å². The summed E-state index contributed by atoms with van der Waals surface area (Å²) in [5, 5.41) is 17.7. The number of carboxylic acid groups (broad SMARTS) is 2. The number of rotatable bonds is 7. The van der Waals surface area contributed by atoms with Gasteiger partial charge in [0.25, 0.3) is 17.8 Å². The normalized spacial score (nSPS) is 9.24. The van der Waals surface area contributed by atoms with E-state index < -0.39 is 11.9 Å². The summed E-state index contributed by atoms with van der Waals surface area (Å²) in [6, 6.07) is 5.40. The van der Waals surface area contributed by atoms with Crippen molar-refractivity contribution in [1.29, 1.82) is 0 Å². The molecule has 10 nitrogen and oxygen atoms in total. The van der Waals surface area contributed by atoms with Crippen molar-refractivity contribution in [3.63, 3.8) is 0 Å². The fourth-order valence-corrected chi connectivity index (χ4v) is 1.90. The Morgan fingerprint density at radius 2 is 1.83 bits per heavy atom. The summed E-state index contributed by atoms with van der Waals surface area (Å²) in [6.45, 7) is 5.51. The molecular formula is C19H28N4O6. The molecule has 2 rings (SSSR count). The number of nitrogens with one attached hydrogen (secondary N) is 2. The van der Waals surface area contributed by atoms with Gasteiger partial charge in [-0.05, 0) is 24.6 Å². The van der Waals surface area contributed by atoms with E-state index in [1.165, 1.54) is 0 Å². The molecule has 10 heteroatoms. The number of carbonyl (C=O) groups is 3. The Morgan fingerprint density at radius 1 is 1.21 bits per heavy atom. The Labute approximate surface area is 169 Å². The molecule has 0 saturated heterocycles. The number of aromatic nitrogens is 2. The maximum atomic E-state index is 12.1. The van der Waals surface area contributed by atoms with Gasteiger partial charge in [-0.3, -0.25) is 14.4 Å².